The Bertz CT molecular complexity index is 338. The molecule has 2 N–H and O–H groups in total. The molecule has 0 aliphatic rings. The Morgan fingerprint density at radius 3 is 2.47 bits per heavy atom. The van der Waals surface area contributed by atoms with Crippen molar-refractivity contribution in [2.24, 2.45) is 11.1 Å². The number of hydrogen-bond acceptors (Lipinski definition) is 3. The van der Waals surface area contributed by atoms with E-state index in [2.05, 4.69) is 39.1 Å². The Labute approximate surface area is 109 Å². The van der Waals surface area contributed by atoms with E-state index in [0.717, 1.165) is 13.0 Å². The fourth-order valence-electron chi connectivity index (χ4n) is 1.63. The first-order chi connectivity index (χ1) is 7.81. The third-order valence-electron chi connectivity index (χ3n) is 2.79. The predicted molar refractivity (Wildman–Crippen MR) is 75.5 cm³/mol. The maximum atomic E-state index is 6.03. The van der Waals surface area contributed by atoms with E-state index in [4.69, 9.17) is 10.5 Å². The van der Waals surface area contributed by atoms with Gasteiger partial charge in [-0.25, -0.2) is 0 Å². The highest BCUT2D eigenvalue weighted by Gasteiger charge is 2.21. The molecule has 1 heterocycles. The zero-order valence-electron chi connectivity index (χ0n) is 11.6. The number of hydrogen-bond donors (Lipinski definition) is 1. The Morgan fingerprint density at radius 1 is 1.41 bits per heavy atom. The van der Waals surface area contributed by atoms with Crippen LogP contribution in [0.2, 0.25) is 0 Å². The second-order valence-electron chi connectivity index (χ2n) is 5.93. The number of rotatable bonds is 5. The highest BCUT2D eigenvalue weighted by Crippen LogP contribution is 2.30. The number of ether oxygens (including phenoxy) is 1. The average molecular weight is 255 g/mol. The average Bonchev–Trinajstić information content (AvgIpc) is 2.57. The van der Waals surface area contributed by atoms with Crippen molar-refractivity contribution in [3.63, 3.8) is 0 Å². The molecule has 0 bridgehead atoms. The van der Waals surface area contributed by atoms with Crippen LogP contribution >= 0.6 is 11.3 Å². The van der Waals surface area contributed by atoms with Crippen molar-refractivity contribution in [1.29, 1.82) is 0 Å². The van der Waals surface area contributed by atoms with Crippen LogP contribution in [0.3, 0.4) is 0 Å². The normalized spacial score (nSPS) is 15.9. The van der Waals surface area contributed by atoms with Crippen LogP contribution in [0.4, 0.5) is 0 Å². The maximum Gasteiger partial charge on any atom is 0.107 e. The lowest BCUT2D eigenvalue weighted by Crippen LogP contribution is -2.27. The van der Waals surface area contributed by atoms with Crippen LogP contribution in [-0.4, -0.2) is 12.6 Å². The Kier molecular flexibility index (Phi) is 5.17. The van der Waals surface area contributed by atoms with Gasteiger partial charge in [0.15, 0.2) is 0 Å². The number of thiophene rings is 1. The second-order valence-corrected chi connectivity index (χ2v) is 6.88. The van der Waals surface area contributed by atoms with E-state index in [1.807, 2.05) is 6.92 Å². The SMILES string of the molecule is Cc1ccsc1C(OCCC(C)(C)C)C(C)N. The quantitative estimate of drug-likeness (QED) is 0.866. The molecule has 0 aromatic carbocycles. The van der Waals surface area contributed by atoms with E-state index < -0.39 is 0 Å². The molecule has 1 aromatic rings. The van der Waals surface area contributed by atoms with Gasteiger partial charge in [0.25, 0.3) is 0 Å². The molecule has 3 heteroatoms. The summed E-state index contributed by atoms with van der Waals surface area (Å²) in [5.74, 6) is 0. The number of aryl methyl sites for hydroxylation is 1. The molecule has 2 atom stereocenters. The molecule has 98 valence electrons. The van der Waals surface area contributed by atoms with Gasteiger partial charge in [-0.2, -0.15) is 0 Å². The van der Waals surface area contributed by atoms with E-state index in [1.54, 1.807) is 11.3 Å². The second kappa shape index (κ2) is 5.98. The molecule has 0 aliphatic heterocycles. The van der Waals surface area contributed by atoms with E-state index >= 15 is 0 Å². The van der Waals surface area contributed by atoms with Crippen molar-refractivity contribution >= 4 is 11.3 Å². The molecule has 0 amide bonds. The van der Waals surface area contributed by atoms with Gasteiger partial charge in [-0.3, -0.25) is 0 Å². The van der Waals surface area contributed by atoms with Gasteiger partial charge >= 0.3 is 0 Å². The van der Waals surface area contributed by atoms with E-state index in [-0.39, 0.29) is 12.1 Å². The molecular weight excluding hydrogens is 230 g/mol. The van der Waals surface area contributed by atoms with Crippen LogP contribution in [0, 0.1) is 12.3 Å². The van der Waals surface area contributed by atoms with Gasteiger partial charge in [-0.1, -0.05) is 20.8 Å². The minimum absolute atomic E-state index is 0.0346. The minimum Gasteiger partial charge on any atom is -0.371 e. The fraction of sp³-hybridized carbons (Fsp3) is 0.714. The van der Waals surface area contributed by atoms with Crippen LogP contribution in [0.5, 0.6) is 0 Å². The summed E-state index contributed by atoms with van der Waals surface area (Å²) >= 11 is 1.74. The first kappa shape index (κ1) is 14.7. The molecule has 1 aromatic heterocycles. The maximum absolute atomic E-state index is 6.03. The smallest absolute Gasteiger partial charge is 0.107 e. The summed E-state index contributed by atoms with van der Waals surface area (Å²) < 4.78 is 5.99. The molecular formula is C14H25NOS. The van der Waals surface area contributed by atoms with Gasteiger partial charge in [0.1, 0.15) is 6.10 Å². The predicted octanol–water partition coefficient (Wildman–Crippen LogP) is 3.90. The van der Waals surface area contributed by atoms with Crippen molar-refractivity contribution in [1.82, 2.24) is 0 Å². The summed E-state index contributed by atoms with van der Waals surface area (Å²) in [4.78, 5) is 1.27. The van der Waals surface area contributed by atoms with E-state index in [1.165, 1.54) is 10.4 Å². The van der Waals surface area contributed by atoms with Gasteiger partial charge < -0.3 is 10.5 Å². The highest BCUT2D eigenvalue weighted by atomic mass is 32.1. The van der Waals surface area contributed by atoms with Crippen LogP contribution in [0.1, 0.15) is 50.7 Å². The monoisotopic (exact) mass is 255 g/mol. The molecule has 0 saturated heterocycles. The standard InChI is InChI=1S/C14H25NOS/c1-10-6-9-17-13(10)12(11(2)15)16-8-7-14(3,4)5/h6,9,11-12H,7-8,15H2,1-5H3. The Hall–Kier alpha value is -0.380. The molecule has 0 fully saturated rings. The third-order valence-corrected chi connectivity index (χ3v) is 3.87. The van der Waals surface area contributed by atoms with Crippen molar-refractivity contribution < 1.29 is 4.74 Å². The molecule has 2 nitrogen and oxygen atoms in total. The summed E-state index contributed by atoms with van der Waals surface area (Å²) in [5.41, 5.74) is 7.63. The summed E-state index contributed by atoms with van der Waals surface area (Å²) in [6.45, 7) is 11.6. The van der Waals surface area contributed by atoms with Gasteiger partial charge in [0.05, 0.1) is 0 Å². The molecule has 0 saturated carbocycles. The molecule has 0 aliphatic carbocycles. The van der Waals surface area contributed by atoms with Crippen molar-refractivity contribution in [2.45, 2.75) is 53.2 Å². The number of nitrogens with two attached hydrogens (primary N) is 1. The van der Waals surface area contributed by atoms with Crippen molar-refractivity contribution in [3.8, 4) is 0 Å². The first-order valence-corrected chi connectivity index (χ1v) is 7.10. The van der Waals surface area contributed by atoms with Gasteiger partial charge in [-0.05, 0) is 42.7 Å². The molecule has 17 heavy (non-hydrogen) atoms. The van der Waals surface area contributed by atoms with Crippen molar-refractivity contribution in [2.75, 3.05) is 6.61 Å². The zero-order valence-corrected chi connectivity index (χ0v) is 12.4. The van der Waals surface area contributed by atoms with Crippen LogP contribution in [0.25, 0.3) is 0 Å². The molecule has 0 spiro atoms. The zero-order chi connectivity index (χ0) is 13.1. The lowest BCUT2D eigenvalue weighted by atomic mass is 9.93. The van der Waals surface area contributed by atoms with Gasteiger partial charge in [0.2, 0.25) is 0 Å². The lowest BCUT2D eigenvalue weighted by Gasteiger charge is -2.24. The molecule has 2 unspecified atom stereocenters. The molecule has 0 radical (unpaired) electrons. The summed E-state index contributed by atoms with van der Waals surface area (Å²) in [5, 5.41) is 2.10. The summed E-state index contributed by atoms with van der Waals surface area (Å²) in [7, 11) is 0. The Morgan fingerprint density at radius 2 is 2.06 bits per heavy atom. The Balaban J connectivity index is 2.60. The van der Waals surface area contributed by atoms with Gasteiger partial charge in [-0.15, -0.1) is 11.3 Å². The molecule has 1 rings (SSSR count). The summed E-state index contributed by atoms with van der Waals surface area (Å²) in [6, 6.07) is 2.16. The first-order valence-electron chi connectivity index (χ1n) is 6.22. The third kappa shape index (κ3) is 4.78. The topological polar surface area (TPSA) is 35.2 Å². The fourth-order valence-corrected chi connectivity index (χ4v) is 2.72. The van der Waals surface area contributed by atoms with Crippen molar-refractivity contribution in [3.05, 3.63) is 21.9 Å². The van der Waals surface area contributed by atoms with Gasteiger partial charge in [0, 0.05) is 17.5 Å². The van der Waals surface area contributed by atoms with Crippen LogP contribution in [-0.2, 0) is 4.74 Å². The highest BCUT2D eigenvalue weighted by molar-refractivity contribution is 7.10. The van der Waals surface area contributed by atoms with Crippen LogP contribution < -0.4 is 5.73 Å². The summed E-state index contributed by atoms with van der Waals surface area (Å²) in [6.07, 6.45) is 1.10. The minimum atomic E-state index is 0.0346. The van der Waals surface area contributed by atoms with Crippen LogP contribution in [0.15, 0.2) is 11.4 Å². The van der Waals surface area contributed by atoms with E-state index in [0.29, 0.717) is 5.41 Å². The van der Waals surface area contributed by atoms with E-state index in [9.17, 15) is 0 Å². The largest absolute Gasteiger partial charge is 0.371 e. The lowest BCUT2D eigenvalue weighted by molar-refractivity contribution is 0.0260.